The standard InChI is InChI=1S/C11H16N2O2/c14-10-5-3-7-13-11(10)15-8-9-4-1-2-6-12-9/h3,5,7,9,12,14H,1-2,4,6,8H2. The highest BCUT2D eigenvalue weighted by atomic mass is 16.5. The van der Waals surface area contributed by atoms with E-state index in [1.807, 2.05) is 0 Å². The summed E-state index contributed by atoms with van der Waals surface area (Å²) in [5.74, 6) is 0.429. The molecular formula is C11H16N2O2. The number of hydrogen-bond donors (Lipinski definition) is 2. The minimum Gasteiger partial charge on any atom is -0.503 e. The van der Waals surface area contributed by atoms with Crippen molar-refractivity contribution in [1.82, 2.24) is 10.3 Å². The van der Waals surface area contributed by atoms with Crippen molar-refractivity contribution in [2.45, 2.75) is 25.3 Å². The first kappa shape index (κ1) is 10.2. The molecule has 1 atom stereocenters. The van der Waals surface area contributed by atoms with Gasteiger partial charge in [-0.15, -0.1) is 0 Å². The molecule has 15 heavy (non-hydrogen) atoms. The Hall–Kier alpha value is -1.29. The van der Waals surface area contributed by atoms with Crippen LogP contribution in [0.25, 0.3) is 0 Å². The van der Waals surface area contributed by atoms with Crippen LogP contribution in [0.2, 0.25) is 0 Å². The largest absolute Gasteiger partial charge is 0.503 e. The summed E-state index contributed by atoms with van der Waals surface area (Å²) in [4.78, 5) is 3.96. The van der Waals surface area contributed by atoms with Gasteiger partial charge in [0, 0.05) is 12.2 Å². The quantitative estimate of drug-likeness (QED) is 0.786. The van der Waals surface area contributed by atoms with Gasteiger partial charge < -0.3 is 15.2 Å². The number of hydrogen-bond acceptors (Lipinski definition) is 4. The summed E-state index contributed by atoms with van der Waals surface area (Å²) in [6, 6.07) is 3.65. The molecule has 2 N–H and O–H groups in total. The van der Waals surface area contributed by atoms with E-state index >= 15 is 0 Å². The fraction of sp³-hybridized carbons (Fsp3) is 0.545. The zero-order valence-electron chi connectivity index (χ0n) is 8.65. The summed E-state index contributed by atoms with van der Waals surface area (Å²) < 4.78 is 5.45. The summed E-state index contributed by atoms with van der Waals surface area (Å²) in [6.07, 6.45) is 5.23. The molecule has 0 amide bonds. The molecule has 1 aliphatic rings. The van der Waals surface area contributed by atoms with Gasteiger partial charge in [0.25, 0.3) is 5.88 Å². The van der Waals surface area contributed by atoms with Gasteiger partial charge in [-0.3, -0.25) is 0 Å². The maximum atomic E-state index is 9.43. The maximum absolute atomic E-state index is 9.43. The third-order valence-corrected chi connectivity index (χ3v) is 2.58. The second-order valence-electron chi connectivity index (χ2n) is 3.79. The minimum atomic E-state index is 0.105. The molecule has 1 aromatic rings. The highest BCUT2D eigenvalue weighted by Crippen LogP contribution is 2.21. The van der Waals surface area contributed by atoms with Crippen molar-refractivity contribution in [3.8, 4) is 11.6 Å². The van der Waals surface area contributed by atoms with Gasteiger partial charge in [-0.2, -0.15) is 0 Å². The van der Waals surface area contributed by atoms with Crippen molar-refractivity contribution in [3.63, 3.8) is 0 Å². The molecule has 1 fully saturated rings. The van der Waals surface area contributed by atoms with E-state index in [1.54, 1.807) is 18.3 Å². The second kappa shape index (κ2) is 4.98. The van der Waals surface area contributed by atoms with Crippen LogP contribution in [0.3, 0.4) is 0 Å². The number of nitrogens with zero attached hydrogens (tertiary/aromatic N) is 1. The highest BCUT2D eigenvalue weighted by Gasteiger charge is 2.13. The Labute approximate surface area is 89.3 Å². The van der Waals surface area contributed by atoms with Crippen molar-refractivity contribution in [2.24, 2.45) is 0 Å². The van der Waals surface area contributed by atoms with Crippen LogP contribution in [0.1, 0.15) is 19.3 Å². The van der Waals surface area contributed by atoms with Crippen LogP contribution in [-0.4, -0.2) is 29.3 Å². The van der Waals surface area contributed by atoms with E-state index in [-0.39, 0.29) is 5.75 Å². The van der Waals surface area contributed by atoms with Gasteiger partial charge in [0.1, 0.15) is 6.61 Å². The molecule has 1 saturated heterocycles. The van der Waals surface area contributed by atoms with Crippen molar-refractivity contribution < 1.29 is 9.84 Å². The lowest BCUT2D eigenvalue weighted by Gasteiger charge is -2.23. The van der Waals surface area contributed by atoms with Gasteiger partial charge in [-0.1, -0.05) is 6.42 Å². The number of piperidine rings is 1. The Morgan fingerprint density at radius 1 is 1.53 bits per heavy atom. The average Bonchev–Trinajstić information content (AvgIpc) is 2.29. The van der Waals surface area contributed by atoms with E-state index in [2.05, 4.69) is 10.3 Å². The molecule has 1 unspecified atom stereocenters. The van der Waals surface area contributed by atoms with Crippen molar-refractivity contribution in [2.75, 3.05) is 13.2 Å². The fourth-order valence-corrected chi connectivity index (χ4v) is 1.74. The summed E-state index contributed by atoms with van der Waals surface area (Å²) >= 11 is 0. The predicted octanol–water partition coefficient (Wildman–Crippen LogP) is 1.31. The van der Waals surface area contributed by atoms with Gasteiger partial charge in [-0.05, 0) is 31.5 Å². The molecule has 1 aliphatic heterocycles. The molecule has 82 valence electrons. The van der Waals surface area contributed by atoms with E-state index in [0.717, 1.165) is 13.0 Å². The maximum Gasteiger partial charge on any atom is 0.256 e. The third kappa shape index (κ3) is 2.83. The smallest absolute Gasteiger partial charge is 0.256 e. The lowest BCUT2D eigenvalue weighted by Crippen LogP contribution is -2.38. The normalized spacial score (nSPS) is 21.2. The van der Waals surface area contributed by atoms with Crippen LogP contribution in [-0.2, 0) is 0 Å². The Bertz CT molecular complexity index is 311. The Balaban J connectivity index is 1.84. The Morgan fingerprint density at radius 3 is 3.20 bits per heavy atom. The average molecular weight is 208 g/mol. The summed E-state index contributed by atoms with van der Waals surface area (Å²) in [6.45, 7) is 1.63. The first-order valence-corrected chi connectivity index (χ1v) is 5.36. The van der Waals surface area contributed by atoms with Gasteiger partial charge in [0.15, 0.2) is 5.75 Å². The molecule has 0 spiro atoms. The van der Waals surface area contributed by atoms with Crippen LogP contribution < -0.4 is 10.1 Å². The number of nitrogens with one attached hydrogen (secondary N) is 1. The third-order valence-electron chi connectivity index (χ3n) is 2.58. The first-order valence-electron chi connectivity index (χ1n) is 5.36. The topological polar surface area (TPSA) is 54.4 Å². The van der Waals surface area contributed by atoms with Crippen LogP contribution in [0, 0.1) is 0 Å². The highest BCUT2D eigenvalue weighted by molar-refractivity contribution is 5.30. The van der Waals surface area contributed by atoms with Gasteiger partial charge in [0.2, 0.25) is 0 Å². The zero-order valence-corrected chi connectivity index (χ0v) is 8.65. The van der Waals surface area contributed by atoms with Crippen molar-refractivity contribution in [1.29, 1.82) is 0 Å². The van der Waals surface area contributed by atoms with E-state index in [9.17, 15) is 5.11 Å². The number of pyridine rings is 1. The molecular weight excluding hydrogens is 192 g/mol. The molecule has 4 nitrogen and oxygen atoms in total. The zero-order chi connectivity index (χ0) is 10.5. The summed E-state index contributed by atoms with van der Waals surface area (Å²) in [7, 11) is 0. The number of rotatable bonds is 3. The molecule has 2 rings (SSSR count). The summed E-state index contributed by atoms with van der Waals surface area (Å²) in [5, 5.41) is 12.8. The molecule has 0 aliphatic carbocycles. The lowest BCUT2D eigenvalue weighted by molar-refractivity contribution is 0.224. The molecule has 4 heteroatoms. The van der Waals surface area contributed by atoms with Crippen LogP contribution in [0.5, 0.6) is 11.6 Å². The molecule has 0 aromatic carbocycles. The van der Waals surface area contributed by atoms with E-state index in [0.29, 0.717) is 18.5 Å². The van der Waals surface area contributed by atoms with E-state index in [1.165, 1.54) is 12.8 Å². The van der Waals surface area contributed by atoms with Crippen molar-refractivity contribution >= 4 is 0 Å². The molecule has 2 heterocycles. The van der Waals surface area contributed by atoms with E-state index in [4.69, 9.17) is 4.74 Å². The van der Waals surface area contributed by atoms with Crippen LogP contribution in [0.15, 0.2) is 18.3 Å². The number of aromatic nitrogens is 1. The predicted molar refractivity (Wildman–Crippen MR) is 57.0 cm³/mol. The molecule has 0 bridgehead atoms. The number of aromatic hydroxyl groups is 1. The number of ether oxygens (including phenoxy) is 1. The van der Waals surface area contributed by atoms with E-state index < -0.39 is 0 Å². The molecule has 0 saturated carbocycles. The Morgan fingerprint density at radius 2 is 2.47 bits per heavy atom. The fourth-order valence-electron chi connectivity index (χ4n) is 1.74. The molecule has 0 radical (unpaired) electrons. The lowest BCUT2D eigenvalue weighted by atomic mass is 10.1. The molecule has 1 aromatic heterocycles. The van der Waals surface area contributed by atoms with Gasteiger partial charge >= 0.3 is 0 Å². The van der Waals surface area contributed by atoms with Crippen molar-refractivity contribution in [3.05, 3.63) is 18.3 Å². The van der Waals surface area contributed by atoms with Gasteiger partial charge in [-0.25, -0.2) is 4.98 Å². The second-order valence-corrected chi connectivity index (χ2v) is 3.79. The SMILES string of the molecule is Oc1cccnc1OCC1CCCCN1. The Kier molecular flexibility index (Phi) is 3.40. The van der Waals surface area contributed by atoms with Crippen LogP contribution >= 0.6 is 0 Å². The van der Waals surface area contributed by atoms with Crippen LogP contribution in [0.4, 0.5) is 0 Å². The summed E-state index contributed by atoms with van der Waals surface area (Å²) in [5.41, 5.74) is 0. The van der Waals surface area contributed by atoms with Gasteiger partial charge in [0.05, 0.1) is 0 Å². The first-order chi connectivity index (χ1) is 7.36. The minimum absolute atomic E-state index is 0.105. The monoisotopic (exact) mass is 208 g/mol.